The van der Waals surface area contributed by atoms with Gasteiger partial charge >= 0.3 is 16.1 Å². The lowest BCUT2D eigenvalue weighted by Gasteiger charge is -2.26. The van der Waals surface area contributed by atoms with Crippen LogP contribution >= 0.6 is 0 Å². The average molecular weight is 570 g/mol. The van der Waals surface area contributed by atoms with Crippen LogP contribution in [-0.4, -0.2) is 51.1 Å². The Morgan fingerprint density at radius 3 is 2.52 bits per heavy atom. The van der Waals surface area contributed by atoms with E-state index in [0.717, 1.165) is 19.3 Å². The number of esters is 1. The maximum atomic E-state index is 13.8. The molecule has 3 aromatic carbocycles. The summed E-state index contributed by atoms with van der Waals surface area (Å²) >= 11 is 0. The molecule has 0 radical (unpaired) electrons. The first-order valence-electron chi connectivity index (χ1n) is 13.2. The van der Waals surface area contributed by atoms with Gasteiger partial charge < -0.3 is 18.6 Å². The van der Waals surface area contributed by atoms with Crippen LogP contribution in [0.1, 0.15) is 58.9 Å². The molecule has 1 fully saturated rings. The Kier molecular flexibility index (Phi) is 9.89. The van der Waals surface area contributed by atoms with Crippen LogP contribution < -0.4 is 4.18 Å². The molecular formula is C30H32FNO7S. The van der Waals surface area contributed by atoms with Crippen molar-refractivity contribution in [2.24, 2.45) is 0 Å². The van der Waals surface area contributed by atoms with Gasteiger partial charge in [-0.1, -0.05) is 43.7 Å². The molecule has 3 aromatic rings. The van der Waals surface area contributed by atoms with Gasteiger partial charge in [0.1, 0.15) is 16.5 Å². The van der Waals surface area contributed by atoms with E-state index < -0.39 is 21.9 Å². The van der Waals surface area contributed by atoms with Crippen LogP contribution in [0, 0.1) is 5.82 Å². The quantitative estimate of drug-likeness (QED) is 0.164. The number of carbonyl (C=O) groups is 2. The van der Waals surface area contributed by atoms with Crippen LogP contribution in [-0.2, 0) is 26.1 Å². The summed E-state index contributed by atoms with van der Waals surface area (Å²) in [5, 5.41) is 0. The van der Waals surface area contributed by atoms with E-state index in [1.165, 1.54) is 48.5 Å². The molecule has 4 rings (SSSR count). The predicted molar refractivity (Wildman–Crippen MR) is 146 cm³/mol. The number of unbranched alkanes of at least 4 members (excludes halogenated alkanes) is 1. The fraction of sp³-hybridized carbons (Fsp3) is 0.333. The van der Waals surface area contributed by atoms with Crippen LogP contribution in [0.2, 0.25) is 0 Å². The van der Waals surface area contributed by atoms with Crippen molar-refractivity contribution in [3.8, 4) is 5.75 Å². The molecular weight excluding hydrogens is 537 g/mol. The lowest BCUT2D eigenvalue weighted by atomic mass is 10.1. The first-order chi connectivity index (χ1) is 19.3. The third kappa shape index (κ3) is 7.67. The number of nitrogens with zero attached hydrogens (tertiary/aromatic N) is 1. The number of rotatable bonds is 12. The molecule has 1 atom stereocenters. The second-order valence-corrected chi connectivity index (χ2v) is 11.0. The fourth-order valence-electron chi connectivity index (χ4n) is 4.34. The van der Waals surface area contributed by atoms with E-state index in [1.54, 1.807) is 29.2 Å². The van der Waals surface area contributed by atoms with Gasteiger partial charge in [-0.3, -0.25) is 4.79 Å². The van der Waals surface area contributed by atoms with Crippen molar-refractivity contribution in [2.45, 2.75) is 50.2 Å². The lowest BCUT2D eigenvalue weighted by Crippen LogP contribution is -2.37. The highest BCUT2D eigenvalue weighted by molar-refractivity contribution is 7.87. The Bertz CT molecular complexity index is 1420. The Balaban J connectivity index is 1.48. The maximum absolute atomic E-state index is 13.8. The molecule has 8 nitrogen and oxygen atoms in total. The van der Waals surface area contributed by atoms with Crippen molar-refractivity contribution < 1.29 is 36.1 Å². The Hall–Kier alpha value is -3.76. The van der Waals surface area contributed by atoms with E-state index in [2.05, 4.69) is 0 Å². The summed E-state index contributed by atoms with van der Waals surface area (Å²) in [4.78, 5) is 27.0. The highest BCUT2D eigenvalue weighted by atomic mass is 32.2. The van der Waals surface area contributed by atoms with E-state index >= 15 is 0 Å². The number of hydrogen-bond acceptors (Lipinski definition) is 7. The number of ether oxygens (including phenoxy) is 2. The van der Waals surface area contributed by atoms with Crippen LogP contribution in [0.15, 0.2) is 77.7 Å². The molecule has 10 heteroatoms. The lowest BCUT2D eigenvalue weighted by molar-refractivity contribution is 0.0493. The standard InChI is InChI=1S/C30H32FNO7S/c1-2-3-17-38-30(34)27-11-4-5-12-28(27)40(35,36)39-25-15-13-22(14-16-25)20-32(21-26-10-7-18-37-26)29(33)23-8-6-9-24(31)19-23/h4-6,8-9,11-16,19,26H,2-3,7,10,17-18,20-21H2,1H3. The summed E-state index contributed by atoms with van der Waals surface area (Å²) in [6, 6.07) is 17.5. The third-order valence-electron chi connectivity index (χ3n) is 6.42. The maximum Gasteiger partial charge on any atom is 0.340 e. The second-order valence-electron chi connectivity index (χ2n) is 9.50. The molecule has 212 valence electrons. The number of hydrogen-bond donors (Lipinski definition) is 0. The van der Waals surface area contributed by atoms with Crippen LogP contribution in [0.4, 0.5) is 4.39 Å². The minimum Gasteiger partial charge on any atom is -0.462 e. The Labute approximate surface area is 233 Å². The van der Waals surface area contributed by atoms with Crippen LogP contribution in [0.5, 0.6) is 5.75 Å². The van der Waals surface area contributed by atoms with Crippen molar-refractivity contribution in [1.82, 2.24) is 4.90 Å². The molecule has 0 N–H and O–H groups in total. The summed E-state index contributed by atoms with van der Waals surface area (Å²) in [6.07, 6.45) is 3.12. The van der Waals surface area contributed by atoms with Gasteiger partial charge in [-0.15, -0.1) is 0 Å². The van der Waals surface area contributed by atoms with Gasteiger partial charge in [0.05, 0.1) is 18.3 Å². The number of halogens is 1. The molecule has 1 aliphatic heterocycles. The van der Waals surface area contributed by atoms with Crippen molar-refractivity contribution in [1.29, 1.82) is 0 Å². The van der Waals surface area contributed by atoms with Crippen molar-refractivity contribution in [2.75, 3.05) is 19.8 Å². The van der Waals surface area contributed by atoms with E-state index in [4.69, 9.17) is 13.7 Å². The summed E-state index contributed by atoms with van der Waals surface area (Å²) in [7, 11) is -4.34. The molecule has 40 heavy (non-hydrogen) atoms. The highest BCUT2D eigenvalue weighted by Crippen LogP contribution is 2.24. The van der Waals surface area contributed by atoms with Crippen molar-refractivity contribution in [3.05, 3.63) is 95.3 Å². The smallest absolute Gasteiger partial charge is 0.340 e. The average Bonchev–Trinajstić information content (AvgIpc) is 3.46. The molecule has 1 heterocycles. The molecule has 0 aliphatic carbocycles. The van der Waals surface area contributed by atoms with Gasteiger partial charge in [-0.2, -0.15) is 8.42 Å². The normalized spacial score (nSPS) is 15.0. The van der Waals surface area contributed by atoms with Gasteiger partial charge in [-0.25, -0.2) is 9.18 Å². The van der Waals surface area contributed by atoms with Crippen molar-refractivity contribution >= 4 is 22.0 Å². The number of benzene rings is 3. The first-order valence-corrected chi connectivity index (χ1v) is 14.6. The third-order valence-corrected chi connectivity index (χ3v) is 7.72. The second kappa shape index (κ2) is 13.5. The zero-order valence-electron chi connectivity index (χ0n) is 22.3. The molecule has 0 bridgehead atoms. The summed E-state index contributed by atoms with van der Waals surface area (Å²) in [6.45, 7) is 3.32. The summed E-state index contributed by atoms with van der Waals surface area (Å²) < 4.78 is 56.1. The number of amides is 1. The molecule has 1 unspecified atom stereocenters. The van der Waals surface area contributed by atoms with Gasteiger partial charge in [0.15, 0.2) is 0 Å². The predicted octanol–water partition coefficient (Wildman–Crippen LogP) is 5.37. The summed E-state index contributed by atoms with van der Waals surface area (Å²) in [5.41, 5.74) is 0.846. The van der Waals surface area contributed by atoms with Gasteiger partial charge in [-0.05, 0) is 67.3 Å². The number of carbonyl (C=O) groups excluding carboxylic acids is 2. The molecule has 0 spiro atoms. The minimum atomic E-state index is -4.34. The van der Waals surface area contributed by atoms with Crippen LogP contribution in [0.25, 0.3) is 0 Å². The van der Waals surface area contributed by atoms with Crippen molar-refractivity contribution in [3.63, 3.8) is 0 Å². The fourth-order valence-corrected chi connectivity index (χ4v) is 5.46. The van der Waals surface area contributed by atoms with Gasteiger partial charge in [0.25, 0.3) is 5.91 Å². The van der Waals surface area contributed by atoms with E-state index in [9.17, 15) is 22.4 Å². The zero-order chi connectivity index (χ0) is 28.5. The van der Waals surface area contributed by atoms with E-state index in [0.29, 0.717) is 25.1 Å². The van der Waals surface area contributed by atoms with E-state index in [1.807, 2.05) is 6.92 Å². The molecule has 1 aliphatic rings. The summed E-state index contributed by atoms with van der Waals surface area (Å²) in [5.74, 6) is -1.53. The molecule has 0 saturated carbocycles. The SMILES string of the molecule is CCCCOC(=O)c1ccccc1S(=O)(=O)Oc1ccc(CN(CC2CCCO2)C(=O)c2cccc(F)c2)cc1. The minimum absolute atomic E-state index is 0.0417. The molecule has 0 aromatic heterocycles. The van der Waals surface area contributed by atoms with E-state index in [-0.39, 0.29) is 46.9 Å². The molecule has 1 saturated heterocycles. The topological polar surface area (TPSA) is 99.2 Å². The van der Waals surface area contributed by atoms with Gasteiger partial charge in [0, 0.05) is 25.3 Å². The Morgan fingerprint density at radius 1 is 1.05 bits per heavy atom. The largest absolute Gasteiger partial charge is 0.462 e. The molecule has 1 amide bonds. The van der Waals surface area contributed by atoms with Gasteiger partial charge in [0.2, 0.25) is 0 Å². The Morgan fingerprint density at radius 2 is 1.82 bits per heavy atom. The highest BCUT2D eigenvalue weighted by Gasteiger charge is 2.26. The zero-order valence-corrected chi connectivity index (χ0v) is 23.1. The monoisotopic (exact) mass is 569 g/mol. The first kappa shape index (κ1) is 29.2. The van der Waals surface area contributed by atoms with Crippen LogP contribution in [0.3, 0.4) is 0 Å².